The number of hydrogen-bond donors (Lipinski definition) is 0. The predicted molar refractivity (Wildman–Crippen MR) is 235 cm³/mol. The quantitative estimate of drug-likeness (QED) is 0.0715. The van der Waals surface area contributed by atoms with Gasteiger partial charge in [0, 0.05) is 0 Å². The first-order valence-electron chi connectivity index (χ1n) is 18.6. The highest BCUT2D eigenvalue weighted by Crippen LogP contribution is 2.39. The molecule has 314 valence electrons. The summed E-state index contributed by atoms with van der Waals surface area (Å²) in [6.07, 6.45) is -1.40. The number of carbonyl (C=O) groups excluding carboxylic acids is 4. The number of Topliss-reactive ketones (excluding diaryl/α,β-unsaturated/α-hetero) is 2. The van der Waals surface area contributed by atoms with E-state index in [9.17, 15) is 19.2 Å². The zero-order valence-electron chi connectivity index (χ0n) is 35.5. The number of carbonyl (C=O) groups is 4. The first kappa shape index (κ1) is 56.1. The molecule has 0 aliphatic heterocycles. The molecule has 0 amide bonds. The minimum Gasteiger partial charge on any atom is -0.460 e. The van der Waals surface area contributed by atoms with Crippen LogP contribution < -0.4 is 0 Å². The van der Waals surface area contributed by atoms with Crippen LogP contribution in [0.25, 0.3) is 0 Å². The van der Waals surface area contributed by atoms with Crippen molar-refractivity contribution >= 4 is 40.1 Å². The molecular formula is C45H78O8Si2. The van der Waals surface area contributed by atoms with Gasteiger partial charge in [-0.2, -0.15) is 0 Å². The van der Waals surface area contributed by atoms with Crippen molar-refractivity contribution in [2.24, 2.45) is 17.8 Å². The molecule has 0 fully saturated rings. The fourth-order valence-corrected chi connectivity index (χ4v) is 7.10. The average molecular weight is 803 g/mol. The second kappa shape index (κ2) is 25.1. The van der Waals surface area contributed by atoms with Gasteiger partial charge in [0.25, 0.3) is 0 Å². The minimum absolute atomic E-state index is 0. The maximum Gasteiger partial charge on any atom is 0.316 e. The SMILES string of the molecule is C.C.C=C.CC(C(=O)OCc1ccccc1)C(=O)[C@@H](O[Si](C)(C)C(C)(C)C)C(C)C.CC(C)[C@H](O[Si](C)(C)C(C)(C)C)C(=O)CC(=O)OCc1ccccc1. The Morgan fingerprint density at radius 2 is 0.945 bits per heavy atom. The zero-order chi connectivity index (χ0) is 41.4. The van der Waals surface area contributed by atoms with Crippen molar-refractivity contribution in [3.8, 4) is 0 Å². The van der Waals surface area contributed by atoms with Gasteiger partial charge in [0.1, 0.15) is 37.8 Å². The summed E-state index contributed by atoms with van der Waals surface area (Å²) < 4.78 is 23.2. The Kier molecular flexibility index (Phi) is 25.7. The smallest absolute Gasteiger partial charge is 0.316 e. The molecule has 8 nitrogen and oxygen atoms in total. The third-order valence-corrected chi connectivity index (χ3v) is 18.7. The number of ketones is 2. The number of hydrogen-bond acceptors (Lipinski definition) is 8. The lowest BCUT2D eigenvalue weighted by Crippen LogP contribution is -2.49. The fraction of sp³-hybridized carbons (Fsp3) is 0.600. The van der Waals surface area contributed by atoms with Crippen LogP contribution in [0.1, 0.15) is 109 Å². The Labute approximate surface area is 338 Å². The Morgan fingerprint density at radius 3 is 1.29 bits per heavy atom. The summed E-state index contributed by atoms with van der Waals surface area (Å²) in [5, 5.41) is 0.00567. The van der Waals surface area contributed by atoms with Crippen LogP contribution in [0.2, 0.25) is 36.3 Å². The van der Waals surface area contributed by atoms with Gasteiger partial charge in [0.05, 0.1) is 0 Å². The molecule has 0 bridgehead atoms. The highest BCUT2D eigenvalue weighted by molar-refractivity contribution is 6.74. The molecular weight excluding hydrogens is 725 g/mol. The molecule has 0 spiro atoms. The van der Waals surface area contributed by atoms with Crippen molar-refractivity contribution in [2.45, 2.75) is 159 Å². The van der Waals surface area contributed by atoms with Crippen molar-refractivity contribution in [1.29, 1.82) is 0 Å². The van der Waals surface area contributed by atoms with Crippen LogP contribution in [0.15, 0.2) is 73.8 Å². The Bertz CT molecular complexity index is 1410. The van der Waals surface area contributed by atoms with Crippen LogP contribution in [0, 0.1) is 17.8 Å². The van der Waals surface area contributed by atoms with Crippen LogP contribution >= 0.6 is 0 Å². The van der Waals surface area contributed by atoms with E-state index in [0.717, 1.165) is 11.1 Å². The van der Waals surface area contributed by atoms with E-state index >= 15 is 0 Å². The third kappa shape index (κ3) is 19.5. The number of rotatable bonds is 16. The fourth-order valence-electron chi connectivity index (χ4n) is 4.33. The summed E-state index contributed by atoms with van der Waals surface area (Å²) >= 11 is 0. The number of ether oxygens (including phenoxy) is 2. The van der Waals surface area contributed by atoms with E-state index in [1.807, 2.05) is 88.4 Å². The molecule has 0 aromatic heterocycles. The van der Waals surface area contributed by atoms with E-state index in [0.29, 0.717) is 0 Å². The number of benzene rings is 2. The molecule has 0 saturated carbocycles. The van der Waals surface area contributed by atoms with Gasteiger partial charge < -0.3 is 18.3 Å². The lowest BCUT2D eigenvalue weighted by atomic mass is 9.95. The summed E-state index contributed by atoms with van der Waals surface area (Å²) in [5.41, 5.74) is 1.81. The van der Waals surface area contributed by atoms with Crippen LogP contribution in [0.5, 0.6) is 0 Å². The maximum absolute atomic E-state index is 12.9. The average Bonchev–Trinajstić information content (AvgIpc) is 3.07. The van der Waals surface area contributed by atoms with Crippen molar-refractivity contribution in [2.75, 3.05) is 0 Å². The molecule has 0 N–H and O–H groups in total. The lowest BCUT2D eigenvalue weighted by molar-refractivity contribution is -0.155. The summed E-state index contributed by atoms with van der Waals surface area (Å²) in [6.45, 7) is 37.1. The monoisotopic (exact) mass is 803 g/mol. The van der Waals surface area contributed by atoms with E-state index < -0.39 is 46.7 Å². The third-order valence-electron chi connectivity index (χ3n) is 9.83. The van der Waals surface area contributed by atoms with Gasteiger partial charge in [-0.25, -0.2) is 0 Å². The summed E-state index contributed by atoms with van der Waals surface area (Å²) in [4.78, 5) is 49.9. The van der Waals surface area contributed by atoms with Gasteiger partial charge in [-0.15, -0.1) is 13.2 Å². The molecule has 2 rings (SSSR count). The van der Waals surface area contributed by atoms with Crippen molar-refractivity contribution in [3.05, 3.63) is 84.9 Å². The Balaban J connectivity index is -0.000000909. The van der Waals surface area contributed by atoms with Crippen LogP contribution in [-0.4, -0.2) is 52.3 Å². The zero-order valence-corrected chi connectivity index (χ0v) is 37.5. The molecule has 0 saturated heterocycles. The summed E-state index contributed by atoms with van der Waals surface area (Å²) in [6, 6.07) is 18.9. The second-order valence-electron chi connectivity index (χ2n) is 17.1. The number of esters is 2. The molecule has 2 aromatic rings. The van der Waals surface area contributed by atoms with Gasteiger partial charge >= 0.3 is 11.9 Å². The largest absolute Gasteiger partial charge is 0.460 e. The highest BCUT2D eigenvalue weighted by atomic mass is 28.4. The van der Waals surface area contributed by atoms with Crippen molar-refractivity contribution in [1.82, 2.24) is 0 Å². The van der Waals surface area contributed by atoms with Crippen LogP contribution in [0.4, 0.5) is 0 Å². The van der Waals surface area contributed by atoms with Gasteiger partial charge in [-0.3, -0.25) is 19.2 Å². The summed E-state index contributed by atoms with van der Waals surface area (Å²) in [7, 11) is -4.21. The first-order chi connectivity index (χ1) is 24.3. The van der Waals surface area contributed by atoms with E-state index in [1.54, 1.807) is 6.92 Å². The molecule has 1 unspecified atom stereocenters. The van der Waals surface area contributed by atoms with E-state index in [1.165, 1.54) is 0 Å². The Hall–Kier alpha value is -3.19. The molecule has 55 heavy (non-hydrogen) atoms. The maximum atomic E-state index is 12.9. The molecule has 0 aliphatic rings. The van der Waals surface area contributed by atoms with Crippen molar-refractivity contribution < 1.29 is 37.5 Å². The normalized spacial score (nSPS) is 13.3. The molecule has 0 heterocycles. The van der Waals surface area contributed by atoms with Crippen molar-refractivity contribution in [3.63, 3.8) is 0 Å². The molecule has 3 atom stereocenters. The van der Waals surface area contributed by atoms with E-state index in [2.05, 4.69) is 80.9 Å². The lowest BCUT2D eigenvalue weighted by Gasteiger charge is -2.40. The molecule has 2 aromatic carbocycles. The van der Waals surface area contributed by atoms with E-state index in [4.69, 9.17) is 18.3 Å². The minimum atomic E-state index is -2.12. The second-order valence-corrected chi connectivity index (χ2v) is 26.6. The summed E-state index contributed by atoms with van der Waals surface area (Å²) in [5.74, 6) is -2.21. The predicted octanol–water partition coefficient (Wildman–Crippen LogP) is 11.8. The van der Waals surface area contributed by atoms with E-state index in [-0.39, 0.29) is 68.0 Å². The van der Waals surface area contributed by atoms with Crippen LogP contribution in [-0.2, 0) is 50.7 Å². The molecule has 0 aliphatic carbocycles. The van der Waals surface area contributed by atoms with Gasteiger partial charge in [0.15, 0.2) is 28.2 Å². The Morgan fingerprint density at radius 1 is 0.600 bits per heavy atom. The van der Waals surface area contributed by atoms with Gasteiger partial charge in [0.2, 0.25) is 0 Å². The van der Waals surface area contributed by atoms with Gasteiger partial charge in [-0.1, -0.05) is 145 Å². The molecule has 10 heteroatoms. The van der Waals surface area contributed by atoms with Gasteiger partial charge in [-0.05, 0) is 66.2 Å². The first-order valence-corrected chi connectivity index (χ1v) is 24.4. The molecule has 0 radical (unpaired) electrons. The standard InChI is InChI=1S/C21H34O4Si.C20H32O4Si.C2H4.2CH4/c1-15(2)19(25-26(7,8)21(4,5)6)18(22)16(3)20(23)24-14-17-12-10-9-11-13-17;1-15(2)19(24-25(6,7)20(3,4)5)17(21)13-18(22)23-14-16-11-9-8-10-12-16;1-2;;/h9-13,15-16,19H,14H2,1-8H3;8-12,15,19H,13-14H2,1-7H3;1-2H2;2*1H4/t16?,19-;19-;;;/m00.../s1. The topological polar surface area (TPSA) is 105 Å². The van der Waals surface area contributed by atoms with Crippen LogP contribution in [0.3, 0.4) is 0 Å². The highest BCUT2D eigenvalue weighted by Gasteiger charge is 2.44.